The molecule has 1 heterocycles. The Morgan fingerprint density at radius 1 is 1.53 bits per heavy atom. The van der Waals surface area contributed by atoms with Gasteiger partial charge >= 0.3 is 0 Å². The zero-order valence-corrected chi connectivity index (χ0v) is 10.0. The molecule has 0 aliphatic heterocycles. The molecular formula is C12H18O2S. The first kappa shape index (κ1) is 12.4. The van der Waals surface area contributed by atoms with Gasteiger partial charge in [0.2, 0.25) is 0 Å². The number of aryl methyl sites for hydroxylation is 1. The molecule has 0 N–H and O–H groups in total. The van der Waals surface area contributed by atoms with E-state index in [1.165, 1.54) is 4.88 Å². The first-order chi connectivity index (χ1) is 7.33. The van der Waals surface area contributed by atoms with E-state index in [-0.39, 0.29) is 12.4 Å². The zero-order chi connectivity index (χ0) is 10.9. The maximum absolute atomic E-state index is 11.3. The fourth-order valence-corrected chi connectivity index (χ4v) is 2.07. The van der Waals surface area contributed by atoms with Crippen LogP contribution in [0.1, 0.15) is 31.1 Å². The Balaban J connectivity index is 2.02. The monoisotopic (exact) mass is 226 g/mol. The van der Waals surface area contributed by atoms with Crippen molar-refractivity contribution in [2.75, 3.05) is 13.2 Å². The van der Waals surface area contributed by atoms with Gasteiger partial charge in [-0.1, -0.05) is 13.0 Å². The summed E-state index contributed by atoms with van der Waals surface area (Å²) in [7, 11) is 0. The van der Waals surface area contributed by atoms with Crippen molar-refractivity contribution in [3.05, 3.63) is 22.4 Å². The fraction of sp³-hybridized carbons (Fsp3) is 0.583. The summed E-state index contributed by atoms with van der Waals surface area (Å²) in [6.07, 6.45) is 3.57. The predicted octanol–water partition coefficient (Wildman–Crippen LogP) is 3.07. The molecule has 0 atom stereocenters. The van der Waals surface area contributed by atoms with Crippen LogP contribution in [-0.2, 0) is 16.0 Å². The van der Waals surface area contributed by atoms with Gasteiger partial charge in [-0.25, -0.2) is 0 Å². The average molecular weight is 226 g/mol. The number of carbonyl (C=O) groups is 1. The van der Waals surface area contributed by atoms with Crippen LogP contribution in [0.2, 0.25) is 0 Å². The lowest BCUT2D eigenvalue weighted by molar-refractivity contribution is -0.123. The van der Waals surface area contributed by atoms with Crippen LogP contribution >= 0.6 is 11.3 Å². The van der Waals surface area contributed by atoms with Crippen LogP contribution in [0, 0.1) is 0 Å². The highest BCUT2D eigenvalue weighted by Gasteiger charge is 2.02. The molecule has 0 spiro atoms. The number of Topliss-reactive ketones (excluding diaryl/α,β-unsaturated/α-hetero) is 1. The lowest BCUT2D eigenvalue weighted by atomic mass is 10.1. The largest absolute Gasteiger partial charge is 0.374 e. The van der Waals surface area contributed by atoms with Gasteiger partial charge in [0.05, 0.1) is 0 Å². The van der Waals surface area contributed by atoms with Gasteiger partial charge in [-0.15, -0.1) is 11.3 Å². The van der Waals surface area contributed by atoms with Crippen LogP contribution in [0.15, 0.2) is 17.5 Å². The van der Waals surface area contributed by atoms with Gasteiger partial charge in [-0.2, -0.15) is 0 Å². The Morgan fingerprint density at radius 2 is 2.40 bits per heavy atom. The summed E-state index contributed by atoms with van der Waals surface area (Å²) < 4.78 is 5.19. The van der Waals surface area contributed by atoms with E-state index in [9.17, 15) is 4.79 Å². The first-order valence-corrected chi connectivity index (χ1v) is 6.32. The SMILES string of the molecule is CCCOCC(=O)CCCc1cccs1. The van der Waals surface area contributed by atoms with Gasteiger partial charge in [0.25, 0.3) is 0 Å². The summed E-state index contributed by atoms with van der Waals surface area (Å²) in [6.45, 7) is 3.02. The van der Waals surface area contributed by atoms with E-state index in [2.05, 4.69) is 11.4 Å². The van der Waals surface area contributed by atoms with Crippen molar-refractivity contribution in [2.45, 2.75) is 32.6 Å². The molecule has 0 aromatic carbocycles. The fourth-order valence-electron chi connectivity index (χ4n) is 1.32. The number of rotatable bonds is 8. The van der Waals surface area contributed by atoms with E-state index in [0.29, 0.717) is 13.0 Å². The predicted molar refractivity (Wildman–Crippen MR) is 63.4 cm³/mol. The normalized spacial score (nSPS) is 10.5. The summed E-state index contributed by atoms with van der Waals surface area (Å²) >= 11 is 1.75. The van der Waals surface area contributed by atoms with Gasteiger partial charge in [-0.3, -0.25) is 4.79 Å². The minimum absolute atomic E-state index is 0.222. The van der Waals surface area contributed by atoms with Crippen molar-refractivity contribution in [3.8, 4) is 0 Å². The van der Waals surface area contributed by atoms with E-state index in [0.717, 1.165) is 19.3 Å². The van der Waals surface area contributed by atoms with E-state index in [1.807, 2.05) is 13.0 Å². The highest BCUT2D eigenvalue weighted by Crippen LogP contribution is 2.11. The standard InChI is InChI=1S/C12H18O2S/c1-2-8-14-10-11(13)5-3-6-12-7-4-9-15-12/h4,7,9H,2-3,5-6,8,10H2,1H3. The van der Waals surface area contributed by atoms with E-state index >= 15 is 0 Å². The van der Waals surface area contributed by atoms with Crippen LogP contribution in [-0.4, -0.2) is 19.0 Å². The van der Waals surface area contributed by atoms with Crippen molar-refractivity contribution in [3.63, 3.8) is 0 Å². The van der Waals surface area contributed by atoms with Gasteiger partial charge < -0.3 is 4.74 Å². The molecule has 0 radical (unpaired) electrons. The highest BCUT2D eigenvalue weighted by molar-refractivity contribution is 7.09. The number of hydrogen-bond acceptors (Lipinski definition) is 3. The number of ketones is 1. The van der Waals surface area contributed by atoms with Gasteiger partial charge in [0, 0.05) is 17.9 Å². The number of hydrogen-bond donors (Lipinski definition) is 0. The van der Waals surface area contributed by atoms with E-state index in [4.69, 9.17) is 4.74 Å². The quantitative estimate of drug-likeness (QED) is 0.637. The molecule has 84 valence electrons. The first-order valence-electron chi connectivity index (χ1n) is 5.44. The van der Waals surface area contributed by atoms with Crippen molar-refractivity contribution in [1.82, 2.24) is 0 Å². The zero-order valence-electron chi connectivity index (χ0n) is 9.20. The van der Waals surface area contributed by atoms with Crippen molar-refractivity contribution in [1.29, 1.82) is 0 Å². The molecule has 0 unspecified atom stereocenters. The lowest BCUT2D eigenvalue weighted by Crippen LogP contribution is -2.09. The molecule has 15 heavy (non-hydrogen) atoms. The molecule has 0 aliphatic rings. The van der Waals surface area contributed by atoms with Crippen LogP contribution in [0.4, 0.5) is 0 Å². The maximum atomic E-state index is 11.3. The molecule has 0 saturated carbocycles. The van der Waals surface area contributed by atoms with Crippen LogP contribution in [0.25, 0.3) is 0 Å². The molecule has 0 fully saturated rings. The number of carbonyl (C=O) groups excluding carboxylic acids is 1. The van der Waals surface area contributed by atoms with E-state index < -0.39 is 0 Å². The third-order valence-corrected chi connectivity index (χ3v) is 3.01. The molecule has 0 bridgehead atoms. The summed E-state index contributed by atoms with van der Waals surface area (Å²) in [5, 5.41) is 2.07. The Morgan fingerprint density at radius 3 is 3.07 bits per heavy atom. The second-order valence-corrected chi connectivity index (χ2v) is 4.56. The molecule has 1 rings (SSSR count). The van der Waals surface area contributed by atoms with Gasteiger partial charge in [0.15, 0.2) is 5.78 Å². The Labute approximate surface area is 95.3 Å². The molecule has 2 nitrogen and oxygen atoms in total. The number of thiophene rings is 1. The molecule has 1 aromatic rings. The second-order valence-electron chi connectivity index (χ2n) is 3.52. The van der Waals surface area contributed by atoms with Crippen molar-refractivity contribution < 1.29 is 9.53 Å². The van der Waals surface area contributed by atoms with Gasteiger partial charge in [-0.05, 0) is 30.7 Å². The summed E-state index contributed by atoms with van der Waals surface area (Å²) in [4.78, 5) is 12.7. The Kier molecular flexibility index (Phi) is 6.28. The van der Waals surface area contributed by atoms with Gasteiger partial charge in [0.1, 0.15) is 6.61 Å². The van der Waals surface area contributed by atoms with Crippen molar-refractivity contribution >= 4 is 17.1 Å². The topological polar surface area (TPSA) is 26.3 Å². The van der Waals surface area contributed by atoms with Crippen molar-refractivity contribution in [2.24, 2.45) is 0 Å². The molecule has 0 amide bonds. The molecule has 0 aliphatic carbocycles. The number of ether oxygens (including phenoxy) is 1. The highest BCUT2D eigenvalue weighted by atomic mass is 32.1. The lowest BCUT2D eigenvalue weighted by Gasteiger charge is -2.01. The molecule has 3 heteroatoms. The smallest absolute Gasteiger partial charge is 0.158 e. The third-order valence-electron chi connectivity index (χ3n) is 2.07. The molecule has 1 aromatic heterocycles. The Bertz CT molecular complexity index is 267. The maximum Gasteiger partial charge on any atom is 0.158 e. The summed E-state index contributed by atoms with van der Waals surface area (Å²) in [5.74, 6) is 0.222. The minimum atomic E-state index is 0.222. The molecular weight excluding hydrogens is 208 g/mol. The van der Waals surface area contributed by atoms with Crippen LogP contribution in [0.3, 0.4) is 0 Å². The molecule has 0 saturated heterocycles. The minimum Gasteiger partial charge on any atom is -0.374 e. The van der Waals surface area contributed by atoms with E-state index in [1.54, 1.807) is 11.3 Å². The third kappa shape index (κ3) is 5.70. The van der Waals surface area contributed by atoms with Crippen LogP contribution in [0.5, 0.6) is 0 Å². The second kappa shape index (κ2) is 7.60. The van der Waals surface area contributed by atoms with Crippen LogP contribution < -0.4 is 0 Å². The average Bonchev–Trinajstić information content (AvgIpc) is 2.71. The summed E-state index contributed by atoms with van der Waals surface area (Å²) in [6, 6.07) is 4.16. The summed E-state index contributed by atoms with van der Waals surface area (Å²) in [5.41, 5.74) is 0. The Hall–Kier alpha value is -0.670.